The second kappa shape index (κ2) is 2.94. The Hall–Kier alpha value is -0.120. The van der Waals surface area contributed by atoms with E-state index in [1.165, 1.54) is 32.1 Å². The van der Waals surface area contributed by atoms with E-state index >= 15 is 0 Å². The molecule has 1 aliphatic heterocycles. The van der Waals surface area contributed by atoms with E-state index in [0.717, 1.165) is 6.42 Å². The zero-order chi connectivity index (χ0) is 9.65. The maximum absolute atomic E-state index is 6.02. The summed E-state index contributed by atoms with van der Waals surface area (Å²) in [7, 11) is 0. The van der Waals surface area contributed by atoms with Gasteiger partial charge < -0.3 is 15.2 Å². The molecule has 2 aliphatic carbocycles. The molecule has 0 radical (unpaired) electrons. The molecule has 0 aromatic carbocycles. The van der Waals surface area contributed by atoms with Crippen molar-refractivity contribution in [3.63, 3.8) is 0 Å². The van der Waals surface area contributed by atoms with Crippen LogP contribution in [0.15, 0.2) is 0 Å². The average Bonchev–Trinajstić information content (AvgIpc) is 2.86. The Morgan fingerprint density at radius 2 is 1.93 bits per heavy atom. The Kier molecular flexibility index (Phi) is 1.92. The molecule has 2 spiro atoms. The van der Waals surface area contributed by atoms with Crippen LogP contribution in [0.25, 0.3) is 0 Å². The van der Waals surface area contributed by atoms with Gasteiger partial charge >= 0.3 is 0 Å². The number of fused-ring (bicyclic) bond motifs is 1. The van der Waals surface area contributed by atoms with Crippen LogP contribution >= 0.6 is 0 Å². The fourth-order valence-electron chi connectivity index (χ4n) is 3.46. The summed E-state index contributed by atoms with van der Waals surface area (Å²) in [4.78, 5) is 0. The van der Waals surface area contributed by atoms with Crippen LogP contribution in [0.2, 0.25) is 0 Å². The van der Waals surface area contributed by atoms with Crippen molar-refractivity contribution in [3.8, 4) is 0 Å². The van der Waals surface area contributed by atoms with E-state index in [1.54, 1.807) is 0 Å². The molecule has 3 nitrogen and oxygen atoms in total. The van der Waals surface area contributed by atoms with Crippen molar-refractivity contribution in [2.45, 2.75) is 50.4 Å². The third-order valence-corrected chi connectivity index (χ3v) is 4.42. The van der Waals surface area contributed by atoms with Gasteiger partial charge in [-0.3, -0.25) is 0 Å². The second-order valence-electron chi connectivity index (χ2n) is 5.03. The van der Waals surface area contributed by atoms with Gasteiger partial charge in [-0.2, -0.15) is 0 Å². The Bertz CT molecular complexity index is 237. The Balaban J connectivity index is 1.78. The number of ether oxygens (including phenoxy) is 2. The SMILES string of the molecule is NCC1COC2(CCC23CCCC3)O1. The molecule has 1 heterocycles. The van der Waals surface area contributed by atoms with Crippen LogP contribution in [0, 0.1) is 5.41 Å². The van der Waals surface area contributed by atoms with E-state index in [4.69, 9.17) is 15.2 Å². The maximum Gasteiger partial charge on any atom is 0.174 e. The summed E-state index contributed by atoms with van der Waals surface area (Å²) >= 11 is 0. The molecule has 2 N–H and O–H groups in total. The smallest absolute Gasteiger partial charge is 0.174 e. The standard InChI is InChI=1S/C11H19NO2/c12-7-9-8-13-11(14-9)6-5-10(11)3-1-2-4-10/h9H,1-8,12H2. The van der Waals surface area contributed by atoms with Gasteiger partial charge in [0.05, 0.1) is 12.7 Å². The van der Waals surface area contributed by atoms with Gasteiger partial charge in [0.25, 0.3) is 0 Å². The van der Waals surface area contributed by atoms with E-state index in [2.05, 4.69) is 0 Å². The van der Waals surface area contributed by atoms with Crippen LogP contribution in [0.1, 0.15) is 38.5 Å². The van der Waals surface area contributed by atoms with Gasteiger partial charge in [0, 0.05) is 18.4 Å². The van der Waals surface area contributed by atoms with E-state index < -0.39 is 0 Å². The molecule has 80 valence electrons. The minimum Gasteiger partial charge on any atom is -0.347 e. The Morgan fingerprint density at radius 1 is 1.14 bits per heavy atom. The molecule has 0 amide bonds. The first-order valence-corrected chi connectivity index (χ1v) is 5.82. The van der Waals surface area contributed by atoms with Crippen LogP contribution in [-0.2, 0) is 9.47 Å². The Labute approximate surface area is 84.9 Å². The molecule has 14 heavy (non-hydrogen) atoms. The first-order valence-electron chi connectivity index (χ1n) is 5.82. The molecular weight excluding hydrogens is 178 g/mol. The highest BCUT2D eigenvalue weighted by Crippen LogP contribution is 2.63. The van der Waals surface area contributed by atoms with Gasteiger partial charge in [-0.15, -0.1) is 0 Å². The fraction of sp³-hybridized carbons (Fsp3) is 1.00. The lowest BCUT2D eigenvalue weighted by atomic mass is 9.62. The summed E-state index contributed by atoms with van der Waals surface area (Å²) in [6, 6.07) is 0. The van der Waals surface area contributed by atoms with Crippen molar-refractivity contribution >= 4 is 0 Å². The third kappa shape index (κ3) is 0.980. The molecule has 3 aliphatic rings. The van der Waals surface area contributed by atoms with Crippen LogP contribution in [0.5, 0.6) is 0 Å². The highest BCUT2D eigenvalue weighted by Gasteiger charge is 2.64. The maximum atomic E-state index is 6.02. The topological polar surface area (TPSA) is 44.5 Å². The molecule has 2 atom stereocenters. The van der Waals surface area contributed by atoms with Crippen molar-refractivity contribution < 1.29 is 9.47 Å². The minimum atomic E-state index is -0.215. The summed E-state index contributed by atoms with van der Waals surface area (Å²) in [6.45, 7) is 1.30. The first kappa shape index (κ1) is 9.13. The zero-order valence-corrected chi connectivity index (χ0v) is 8.63. The molecule has 1 saturated heterocycles. The zero-order valence-electron chi connectivity index (χ0n) is 8.63. The normalized spacial score (nSPS) is 44.8. The largest absolute Gasteiger partial charge is 0.347 e. The molecule has 3 heteroatoms. The van der Waals surface area contributed by atoms with E-state index in [0.29, 0.717) is 18.6 Å². The lowest BCUT2D eigenvalue weighted by Crippen LogP contribution is -2.57. The van der Waals surface area contributed by atoms with E-state index in [1.807, 2.05) is 0 Å². The number of hydrogen-bond acceptors (Lipinski definition) is 3. The van der Waals surface area contributed by atoms with Gasteiger partial charge in [-0.1, -0.05) is 12.8 Å². The summed E-state index contributed by atoms with van der Waals surface area (Å²) in [5.74, 6) is -0.215. The molecular formula is C11H19NO2. The monoisotopic (exact) mass is 197 g/mol. The lowest BCUT2D eigenvalue weighted by molar-refractivity contribution is -0.302. The summed E-state index contributed by atoms with van der Waals surface area (Å²) in [6.07, 6.45) is 7.82. The quantitative estimate of drug-likeness (QED) is 0.691. The average molecular weight is 197 g/mol. The third-order valence-electron chi connectivity index (χ3n) is 4.42. The predicted molar refractivity (Wildman–Crippen MR) is 52.7 cm³/mol. The molecule has 3 fully saturated rings. The summed E-state index contributed by atoms with van der Waals surface area (Å²) in [5, 5.41) is 0. The van der Waals surface area contributed by atoms with Crippen molar-refractivity contribution in [3.05, 3.63) is 0 Å². The highest BCUT2D eigenvalue weighted by molar-refractivity contribution is 5.08. The van der Waals surface area contributed by atoms with Gasteiger partial charge in [0.15, 0.2) is 5.79 Å². The van der Waals surface area contributed by atoms with Gasteiger partial charge in [-0.05, 0) is 19.3 Å². The second-order valence-corrected chi connectivity index (χ2v) is 5.03. The predicted octanol–water partition coefficient (Wildman–Crippen LogP) is 1.41. The van der Waals surface area contributed by atoms with Gasteiger partial charge in [0.2, 0.25) is 0 Å². The van der Waals surface area contributed by atoms with Crippen molar-refractivity contribution in [2.24, 2.45) is 11.1 Å². The van der Waals surface area contributed by atoms with Crippen LogP contribution < -0.4 is 5.73 Å². The number of nitrogens with two attached hydrogens (primary N) is 1. The molecule has 3 rings (SSSR count). The fourth-order valence-corrected chi connectivity index (χ4v) is 3.46. The van der Waals surface area contributed by atoms with Crippen molar-refractivity contribution in [1.29, 1.82) is 0 Å². The lowest BCUT2D eigenvalue weighted by Gasteiger charge is -2.54. The summed E-state index contributed by atoms with van der Waals surface area (Å²) < 4.78 is 11.9. The number of hydrogen-bond donors (Lipinski definition) is 1. The minimum absolute atomic E-state index is 0.146. The van der Waals surface area contributed by atoms with Crippen molar-refractivity contribution in [2.75, 3.05) is 13.2 Å². The molecule has 0 bridgehead atoms. The van der Waals surface area contributed by atoms with Crippen LogP contribution in [0.3, 0.4) is 0 Å². The van der Waals surface area contributed by atoms with Crippen LogP contribution in [0.4, 0.5) is 0 Å². The Morgan fingerprint density at radius 3 is 2.43 bits per heavy atom. The molecule has 2 unspecified atom stereocenters. The molecule has 2 saturated carbocycles. The van der Waals surface area contributed by atoms with E-state index in [-0.39, 0.29) is 11.9 Å². The van der Waals surface area contributed by atoms with E-state index in [9.17, 15) is 0 Å². The molecule has 0 aromatic heterocycles. The van der Waals surface area contributed by atoms with Gasteiger partial charge in [0.1, 0.15) is 0 Å². The van der Waals surface area contributed by atoms with Crippen molar-refractivity contribution in [1.82, 2.24) is 0 Å². The van der Waals surface area contributed by atoms with Crippen LogP contribution in [-0.4, -0.2) is 25.0 Å². The van der Waals surface area contributed by atoms with Gasteiger partial charge in [-0.25, -0.2) is 0 Å². The highest BCUT2D eigenvalue weighted by atomic mass is 16.7. The molecule has 0 aromatic rings. The first-order chi connectivity index (χ1) is 6.80. The number of rotatable bonds is 1. The summed E-state index contributed by atoms with van der Waals surface area (Å²) in [5.41, 5.74) is 5.99.